The summed E-state index contributed by atoms with van der Waals surface area (Å²) in [6.07, 6.45) is 2.04. The maximum atomic E-state index is 13.0. The number of fused-ring (bicyclic) bond motifs is 1. The van der Waals surface area contributed by atoms with Crippen LogP contribution in [0.15, 0.2) is 54.9 Å². The van der Waals surface area contributed by atoms with Gasteiger partial charge in [0.25, 0.3) is 0 Å². The number of aliphatic hydroxyl groups excluding tert-OH is 1. The van der Waals surface area contributed by atoms with E-state index in [1.807, 2.05) is 53.4 Å². The van der Waals surface area contributed by atoms with Crippen LogP contribution in [0.4, 0.5) is 0 Å². The topological polar surface area (TPSA) is 78.5 Å². The van der Waals surface area contributed by atoms with E-state index in [-0.39, 0.29) is 18.4 Å². The standard InChI is InChI=1S/C22H23N3O3/c1-28-18-8-6-17(7-9-18)19-11-25(12-20-22(19)24-14-23-20)21(27)10-15-2-4-16(13-26)5-3-15/h2-9,14,19,26H,10-13H2,1H3,(H,23,24). The van der Waals surface area contributed by atoms with E-state index in [4.69, 9.17) is 9.84 Å². The Morgan fingerprint density at radius 3 is 2.57 bits per heavy atom. The first-order chi connectivity index (χ1) is 13.7. The number of aromatic nitrogens is 2. The summed E-state index contributed by atoms with van der Waals surface area (Å²) in [6.45, 7) is 1.14. The predicted octanol–water partition coefficient (Wildman–Crippen LogP) is 2.63. The van der Waals surface area contributed by atoms with Crippen molar-refractivity contribution in [1.82, 2.24) is 14.9 Å². The SMILES string of the molecule is COc1ccc(C2CN(C(=O)Cc3ccc(CO)cc3)Cc3[nH]cnc32)cc1. The van der Waals surface area contributed by atoms with Crippen molar-refractivity contribution in [3.8, 4) is 5.75 Å². The van der Waals surface area contributed by atoms with E-state index in [0.29, 0.717) is 19.5 Å². The van der Waals surface area contributed by atoms with Crippen molar-refractivity contribution in [2.24, 2.45) is 0 Å². The number of hydrogen-bond acceptors (Lipinski definition) is 4. The number of rotatable bonds is 5. The highest BCUT2D eigenvalue weighted by Crippen LogP contribution is 2.32. The molecule has 1 aliphatic rings. The van der Waals surface area contributed by atoms with Crippen LogP contribution in [-0.4, -0.2) is 39.5 Å². The van der Waals surface area contributed by atoms with Crippen molar-refractivity contribution in [3.05, 3.63) is 82.9 Å². The number of imidazole rings is 1. The largest absolute Gasteiger partial charge is 0.497 e. The number of H-pyrrole nitrogens is 1. The molecule has 2 aromatic carbocycles. The summed E-state index contributed by atoms with van der Waals surface area (Å²) in [4.78, 5) is 22.5. The van der Waals surface area contributed by atoms with Gasteiger partial charge in [-0.15, -0.1) is 0 Å². The monoisotopic (exact) mass is 377 g/mol. The van der Waals surface area contributed by atoms with Gasteiger partial charge in [-0.1, -0.05) is 36.4 Å². The molecule has 1 amide bonds. The first-order valence-corrected chi connectivity index (χ1v) is 9.30. The lowest BCUT2D eigenvalue weighted by Gasteiger charge is -2.32. The lowest BCUT2D eigenvalue weighted by molar-refractivity contribution is -0.131. The van der Waals surface area contributed by atoms with Gasteiger partial charge in [0.05, 0.1) is 44.4 Å². The summed E-state index contributed by atoms with van der Waals surface area (Å²) >= 11 is 0. The van der Waals surface area contributed by atoms with Gasteiger partial charge >= 0.3 is 0 Å². The molecule has 28 heavy (non-hydrogen) atoms. The molecular formula is C22H23N3O3. The number of ether oxygens (including phenoxy) is 1. The van der Waals surface area contributed by atoms with Crippen molar-refractivity contribution in [2.75, 3.05) is 13.7 Å². The average molecular weight is 377 g/mol. The molecule has 0 radical (unpaired) electrons. The molecule has 2 heterocycles. The van der Waals surface area contributed by atoms with Crippen LogP contribution in [0.5, 0.6) is 5.75 Å². The molecule has 1 aromatic heterocycles. The van der Waals surface area contributed by atoms with Crippen LogP contribution in [0.1, 0.15) is 34.0 Å². The minimum absolute atomic E-state index is 0.00644. The van der Waals surface area contributed by atoms with Gasteiger partial charge in [-0.2, -0.15) is 0 Å². The summed E-state index contributed by atoms with van der Waals surface area (Å²) in [6, 6.07) is 15.4. The molecule has 2 N–H and O–H groups in total. The van der Waals surface area contributed by atoms with Crippen LogP contribution in [0.25, 0.3) is 0 Å². The van der Waals surface area contributed by atoms with Crippen molar-refractivity contribution in [3.63, 3.8) is 0 Å². The molecule has 6 nitrogen and oxygen atoms in total. The molecule has 0 aliphatic carbocycles. The lowest BCUT2D eigenvalue weighted by Crippen LogP contribution is -2.39. The van der Waals surface area contributed by atoms with Crippen LogP contribution in [-0.2, 0) is 24.4 Å². The van der Waals surface area contributed by atoms with Gasteiger partial charge < -0.3 is 19.7 Å². The van der Waals surface area contributed by atoms with E-state index >= 15 is 0 Å². The Kier molecular flexibility index (Phi) is 5.12. The third-order valence-corrected chi connectivity index (χ3v) is 5.27. The van der Waals surface area contributed by atoms with Gasteiger partial charge in [0, 0.05) is 12.5 Å². The van der Waals surface area contributed by atoms with Gasteiger partial charge in [-0.05, 0) is 28.8 Å². The fourth-order valence-electron chi connectivity index (χ4n) is 3.66. The number of benzene rings is 2. The van der Waals surface area contributed by atoms with Crippen molar-refractivity contribution >= 4 is 5.91 Å². The molecule has 1 unspecified atom stereocenters. The molecule has 0 saturated carbocycles. The Labute approximate surface area is 163 Å². The Morgan fingerprint density at radius 2 is 1.89 bits per heavy atom. The summed E-state index contributed by atoms with van der Waals surface area (Å²) in [5, 5.41) is 9.16. The van der Waals surface area contributed by atoms with Gasteiger partial charge in [-0.25, -0.2) is 4.98 Å². The van der Waals surface area contributed by atoms with E-state index < -0.39 is 0 Å². The molecule has 1 atom stereocenters. The highest BCUT2D eigenvalue weighted by Gasteiger charge is 2.31. The van der Waals surface area contributed by atoms with Crippen LogP contribution >= 0.6 is 0 Å². The Hall–Kier alpha value is -3.12. The second kappa shape index (κ2) is 7.86. The van der Waals surface area contributed by atoms with E-state index in [1.165, 1.54) is 0 Å². The molecule has 3 aromatic rings. The minimum atomic E-state index is 0.00644. The van der Waals surface area contributed by atoms with Gasteiger partial charge in [0.2, 0.25) is 5.91 Å². The fourth-order valence-corrected chi connectivity index (χ4v) is 3.66. The predicted molar refractivity (Wildman–Crippen MR) is 105 cm³/mol. The van der Waals surface area contributed by atoms with Crippen LogP contribution in [0.2, 0.25) is 0 Å². The number of nitrogens with one attached hydrogen (secondary N) is 1. The Balaban J connectivity index is 1.54. The molecular weight excluding hydrogens is 354 g/mol. The van der Waals surface area contributed by atoms with Crippen LogP contribution in [0.3, 0.4) is 0 Å². The third-order valence-electron chi connectivity index (χ3n) is 5.27. The van der Waals surface area contributed by atoms with E-state index in [0.717, 1.165) is 33.8 Å². The quantitative estimate of drug-likeness (QED) is 0.716. The van der Waals surface area contributed by atoms with E-state index in [1.54, 1.807) is 13.4 Å². The minimum Gasteiger partial charge on any atom is -0.497 e. The maximum absolute atomic E-state index is 13.0. The normalized spacial score (nSPS) is 15.9. The third kappa shape index (κ3) is 3.64. The zero-order valence-electron chi connectivity index (χ0n) is 15.8. The van der Waals surface area contributed by atoms with Crippen molar-refractivity contribution < 1.29 is 14.6 Å². The summed E-state index contributed by atoms with van der Waals surface area (Å²) in [5.41, 5.74) is 4.88. The lowest BCUT2D eigenvalue weighted by atomic mass is 9.90. The van der Waals surface area contributed by atoms with Gasteiger partial charge in [-0.3, -0.25) is 4.79 Å². The zero-order valence-corrected chi connectivity index (χ0v) is 15.8. The van der Waals surface area contributed by atoms with Crippen LogP contribution in [0, 0.1) is 0 Å². The molecule has 144 valence electrons. The number of methoxy groups -OCH3 is 1. The van der Waals surface area contributed by atoms with E-state index in [9.17, 15) is 4.79 Å². The molecule has 4 rings (SSSR count). The number of carbonyl (C=O) groups excluding carboxylic acids is 1. The molecule has 0 saturated heterocycles. The molecule has 6 heteroatoms. The molecule has 0 fully saturated rings. The summed E-state index contributed by atoms with van der Waals surface area (Å²) < 4.78 is 5.25. The summed E-state index contributed by atoms with van der Waals surface area (Å²) in [7, 11) is 1.65. The number of nitrogens with zero attached hydrogens (tertiary/aromatic N) is 2. The first-order valence-electron chi connectivity index (χ1n) is 9.30. The van der Waals surface area contributed by atoms with Gasteiger partial charge in [0.15, 0.2) is 0 Å². The second-order valence-corrected chi connectivity index (χ2v) is 7.02. The number of aromatic amines is 1. The Morgan fingerprint density at radius 1 is 1.18 bits per heavy atom. The summed E-state index contributed by atoms with van der Waals surface area (Å²) in [5.74, 6) is 0.915. The average Bonchev–Trinajstić information content (AvgIpc) is 3.22. The molecule has 1 aliphatic heterocycles. The smallest absolute Gasteiger partial charge is 0.227 e. The zero-order chi connectivity index (χ0) is 19.5. The van der Waals surface area contributed by atoms with E-state index in [2.05, 4.69) is 9.97 Å². The number of carbonyl (C=O) groups is 1. The maximum Gasteiger partial charge on any atom is 0.227 e. The first kappa shape index (κ1) is 18.3. The van der Waals surface area contributed by atoms with Crippen molar-refractivity contribution in [2.45, 2.75) is 25.5 Å². The number of aliphatic hydroxyl groups is 1. The Bertz CT molecular complexity index is 948. The second-order valence-electron chi connectivity index (χ2n) is 7.02. The van der Waals surface area contributed by atoms with Crippen LogP contribution < -0.4 is 4.74 Å². The highest BCUT2D eigenvalue weighted by molar-refractivity contribution is 5.79. The van der Waals surface area contributed by atoms with Crippen molar-refractivity contribution in [1.29, 1.82) is 0 Å². The molecule has 0 bridgehead atoms. The molecule has 0 spiro atoms. The fraction of sp³-hybridized carbons (Fsp3) is 0.273. The number of hydrogen-bond donors (Lipinski definition) is 2. The number of amides is 1. The van der Waals surface area contributed by atoms with Gasteiger partial charge in [0.1, 0.15) is 5.75 Å². The highest BCUT2D eigenvalue weighted by atomic mass is 16.5.